The molecule has 0 aliphatic rings. The molecule has 0 rings (SSSR count). The molecule has 0 fully saturated rings. The molecule has 1 amide bonds. The molecule has 0 aromatic rings. The number of carboxylic acid groups (broad SMARTS) is 1. The molecule has 382 valence electrons. The molecule has 0 heterocycles. The van der Waals surface area contributed by atoms with Gasteiger partial charge in [-0.1, -0.05) is 212 Å². The zero-order valence-electron chi connectivity index (χ0n) is 41.8. The molecule has 0 radical (unpaired) electrons. The first-order chi connectivity index (χ1) is 31.6. The second-order valence-corrected chi connectivity index (χ2v) is 19.9. The summed E-state index contributed by atoms with van der Waals surface area (Å²) in [6.07, 6.45) is 53.4. The first-order valence-electron chi connectivity index (χ1n) is 26.9. The molecule has 0 saturated carbocycles. The van der Waals surface area contributed by atoms with E-state index in [2.05, 4.69) is 43.5 Å². The van der Waals surface area contributed by atoms with Crippen LogP contribution in [0.25, 0.3) is 0 Å². The largest absolute Gasteiger partial charge is 0.480 e. The van der Waals surface area contributed by atoms with Crippen LogP contribution in [0.5, 0.6) is 0 Å². The highest BCUT2D eigenvalue weighted by Gasteiger charge is 2.28. The number of hydrogen-bond acceptors (Lipinski definition) is 8. The first-order valence-corrected chi connectivity index (χ1v) is 28.4. The monoisotopic (exact) mass is 942 g/mol. The van der Waals surface area contributed by atoms with Crippen LogP contribution in [-0.2, 0) is 32.7 Å². The fraction of sp³-hybridized carbons (Fsp3) is 0.868. The summed E-state index contributed by atoms with van der Waals surface area (Å²) in [5, 5.41) is 21.9. The Kier molecular flexibility index (Phi) is 46.9. The average molecular weight is 942 g/mol. The van der Waals surface area contributed by atoms with Gasteiger partial charge in [-0.05, 0) is 64.2 Å². The van der Waals surface area contributed by atoms with E-state index in [1.54, 1.807) is 0 Å². The molecule has 0 aromatic heterocycles. The average Bonchev–Trinajstić information content (AvgIpc) is 3.28. The van der Waals surface area contributed by atoms with Crippen molar-refractivity contribution in [1.29, 1.82) is 0 Å². The van der Waals surface area contributed by atoms with Crippen molar-refractivity contribution >= 4 is 25.7 Å². The fourth-order valence-electron chi connectivity index (χ4n) is 7.78. The van der Waals surface area contributed by atoms with Crippen LogP contribution in [-0.4, -0.2) is 64.9 Å². The Hall–Kier alpha value is -2.04. The Balaban J connectivity index is 3.79. The predicted octanol–water partition coefficient (Wildman–Crippen LogP) is 15.0. The molecule has 0 saturated heterocycles. The zero-order valence-corrected chi connectivity index (χ0v) is 42.7. The molecule has 0 aromatic carbocycles. The summed E-state index contributed by atoms with van der Waals surface area (Å²) < 4.78 is 27.0. The summed E-state index contributed by atoms with van der Waals surface area (Å²) in [5.74, 6) is -2.36. The van der Waals surface area contributed by atoms with Crippen LogP contribution in [0.2, 0.25) is 0 Å². The molecule has 0 spiro atoms. The number of carbonyl (C=O) groups is 3. The Bertz CT molecular complexity index is 1200. The topological polar surface area (TPSA) is 169 Å². The van der Waals surface area contributed by atoms with E-state index in [0.29, 0.717) is 12.8 Å². The van der Waals surface area contributed by atoms with Crippen molar-refractivity contribution in [3.8, 4) is 0 Å². The minimum Gasteiger partial charge on any atom is -0.480 e. The summed E-state index contributed by atoms with van der Waals surface area (Å²) in [4.78, 5) is 46.2. The number of rotatable bonds is 51. The van der Waals surface area contributed by atoms with Crippen LogP contribution in [0.3, 0.4) is 0 Å². The van der Waals surface area contributed by atoms with Crippen LogP contribution >= 0.6 is 7.82 Å². The highest BCUT2D eigenvalue weighted by atomic mass is 31.2. The molecule has 65 heavy (non-hydrogen) atoms. The maximum atomic E-state index is 12.4. The third kappa shape index (κ3) is 48.2. The number of nitrogens with one attached hydrogen (secondary N) is 1. The quantitative estimate of drug-likeness (QED) is 0.0199. The third-order valence-corrected chi connectivity index (χ3v) is 12.9. The lowest BCUT2D eigenvalue weighted by Gasteiger charge is -2.18. The summed E-state index contributed by atoms with van der Waals surface area (Å²) in [6.45, 7) is 2.63. The summed E-state index contributed by atoms with van der Waals surface area (Å²) in [5.41, 5.74) is 0. The van der Waals surface area contributed by atoms with Crippen molar-refractivity contribution in [2.24, 2.45) is 0 Å². The zero-order chi connectivity index (χ0) is 47.7. The van der Waals surface area contributed by atoms with E-state index in [1.807, 2.05) is 0 Å². The maximum absolute atomic E-state index is 12.4. The lowest BCUT2D eigenvalue weighted by molar-refractivity contribution is -0.147. The molecule has 4 N–H and O–H groups in total. The van der Waals surface area contributed by atoms with Crippen LogP contribution in [0, 0.1) is 0 Å². The number of phosphoric ester groups is 1. The van der Waals surface area contributed by atoms with Crippen molar-refractivity contribution < 1.29 is 47.8 Å². The fourth-order valence-corrected chi connectivity index (χ4v) is 8.55. The first kappa shape index (κ1) is 63.0. The van der Waals surface area contributed by atoms with Gasteiger partial charge in [0.15, 0.2) is 6.04 Å². The SMILES string of the molecule is CCCCCCCC/C=C/CCCCCCCCCCCCCCCC(=O)NC(COP(=O)(O)OCC(O)COC(=O)CCCCCCCCC/C=C\CCCCCCCCC)C(=O)O. The lowest BCUT2D eigenvalue weighted by atomic mass is 10.0. The molecule has 3 atom stereocenters. The number of hydrogen-bond donors (Lipinski definition) is 4. The minimum absolute atomic E-state index is 0.148. The third-order valence-electron chi connectivity index (χ3n) is 12.0. The second-order valence-electron chi connectivity index (χ2n) is 18.4. The molecule has 11 nitrogen and oxygen atoms in total. The van der Waals surface area contributed by atoms with Crippen LogP contribution in [0.15, 0.2) is 24.3 Å². The van der Waals surface area contributed by atoms with Crippen LogP contribution in [0.4, 0.5) is 0 Å². The molecule has 3 unspecified atom stereocenters. The Morgan fingerprint density at radius 3 is 1.17 bits per heavy atom. The van der Waals surface area contributed by atoms with Crippen LogP contribution < -0.4 is 5.32 Å². The van der Waals surface area contributed by atoms with Crippen molar-refractivity contribution in [1.82, 2.24) is 5.32 Å². The van der Waals surface area contributed by atoms with Gasteiger partial charge in [0.2, 0.25) is 5.91 Å². The van der Waals surface area contributed by atoms with E-state index in [-0.39, 0.29) is 12.8 Å². The van der Waals surface area contributed by atoms with E-state index in [9.17, 15) is 34.1 Å². The number of aliphatic hydroxyl groups is 1. The number of carbonyl (C=O) groups excluding carboxylic acids is 2. The molecule has 0 aliphatic heterocycles. The predicted molar refractivity (Wildman–Crippen MR) is 268 cm³/mol. The van der Waals surface area contributed by atoms with Crippen molar-refractivity contribution in [2.45, 2.75) is 276 Å². The number of esters is 1. The van der Waals surface area contributed by atoms with Gasteiger partial charge in [-0.25, -0.2) is 9.36 Å². The van der Waals surface area contributed by atoms with E-state index < -0.39 is 57.6 Å². The second kappa shape index (κ2) is 48.4. The van der Waals surface area contributed by atoms with E-state index >= 15 is 0 Å². The van der Waals surface area contributed by atoms with Gasteiger partial charge in [0.1, 0.15) is 12.7 Å². The van der Waals surface area contributed by atoms with Gasteiger partial charge in [-0.3, -0.25) is 18.6 Å². The van der Waals surface area contributed by atoms with Gasteiger partial charge >= 0.3 is 19.8 Å². The molecule has 0 aliphatic carbocycles. The smallest absolute Gasteiger partial charge is 0.472 e. The number of allylic oxidation sites excluding steroid dienone is 4. The molecule has 12 heteroatoms. The molecule has 0 bridgehead atoms. The number of phosphoric acid groups is 1. The summed E-state index contributed by atoms with van der Waals surface area (Å²) in [6, 6.07) is -1.55. The molecular weight excluding hydrogens is 842 g/mol. The Morgan fingerprint density at radius 2 is 0.800 bits per heavy atom. The van der Waals surface area contributed by atoms with Gasteiger partial charge in [0, 0.05) is 12.8 Å². The standard InChI is InChI=1S/C53H100NO10P/c1-3-5-7-9-11-13-15-17-19-21-23-24-25-26-27-28-30-32-34-36-38-40-42-44-51(56)54-50(53(58)59)48-64-65(60,61)63-47-49(55)46-62-52(57)45-43-41-39-37-35-33-31-29-22-20-18-16-14-12-10-8-6-4-2/h17,19-20,22,49-50,55H,3-16,18,21,23-48H2,1-2H3,(H,54,56)(H,58,59)(H,60,61)/b19-17+,22-20-. The van der Waals surface area contributed by atoms with E-state index in [1.165, 1.54) is 180 Å². The van der Waals surface area contributed by atoms with Gasteiger partial charge in [0.05, 0.1) is 13.2 Å². The van der Waals surface area contributed by atoms with Gasteiger partial charge in [-0.15, -0.1) is 0 Å². The number of ether oxygens (including phenoxy) is 1. The van der Waals surface area contributed by atoms with Gasteiger partial charge in [0.25, 0.3) is 0 Å². The van der Waals surface area contributed by atoms with Gasteiger partial charge in [-0.2, -0.15) is 0 Å². The molecular formula is C53H100NO10P. The van der Waals surface area contributed by atoms with Crippen LogP contribution in [0.1, 0.15) is 264 Å². The number of aliphatic hydroxyl groups excluding tert-OH is 1. The highest BCUT2D eigenvalue weighted by Crippen LogP contribution is 2.43. The lowest BCUT2D eigenvalue weighted by Crippen LogP contribution is -2.43. The summed E-state index contributed by atoms with van der Waals surface area (Å²) >= 11 is 0. The normalized spacial score (nSPS) is 13.7. The number of unbranched alkanes of at least 4 members (excludes halogenated alkanes) is 33. The van der Waals surface area contributed by atoms with E-state index in [0.717, 1.165) is 44.9 Å². The van der Waals surface area contributed by atoms with Crippen molar-refractivity contribution in [3.05, 3.63) is 24.3 Å². The van der Waals surface area contributed by atoms with Crippen molar-refractivity contribution in [2.75, 3.05) is 19.8 Å². The number of aliphatic carboxylic acids is 1. The number of carboxylic acids is 1. The summed E-state index contributed by atoms with van der Waals surface area (Å²) in [7, 11) is -4.76. The maximum Gasteiger partial charge on any atom is 0.472 e. The van der Waals surface area contributed by atoms with Crippen molar-refractivity contribution in [3.63, 3.8) is 0 Å². The minimum atomic E-state index is -4.76. The van der Waals surface area contributed by atoms with Gasteiger partial charge < -0.3 is 25.2 Å². The Morgan fingerprint density at radius 1 is 0.477 bits per heavy atom. The van der Waals surface area contributed by atoms with E-state index in [4.69, 9.17) is 13.8 Å². The highest BCUT2D eigenvalue weighted by molar-refractivity contribution is 7.47. The number of amides is 1. The Labute approximate surface area is 398 Å².